The number of hydrogen-bond acceptors (Lipinski definition) is 4. The third-order valence-corrected chi connectivity index (χ3v) is 3.96. The van der Waals surface area contributed by atoms with E-state index in [2.05, 4.69) is 12.1 Å². The zero-order chi connectivity index (χ0) is 17.7. The van der Waals surface area contributed by atoms with Crippen molar-refractivity contribution >= 4 is 5.97 Å². The Hall–Kier alpha value is -3.05. The maximum Gasteiger partial charge on any atom is 0.355 e. The van der Waals surface area contributed by atoms with Gasteiger partial charge in [-0.2, -0.15) is 10.5 Å². The fourth-order valence-corrected chi connectivity index (χ4v) is 2.87. The van der Waals surface area contributed by atoms with Gasteiger partial charge in [-0.15, -0.1) is 0 Å². The Kier molecular flexibility index (Phi) is 5.39. The molecule has 0 aliphatic heterocycles. The second-order valence-corrected chi connectivity index (χ2v) is 5.32. The van der Waals surface area contributed by atoms with Crippen molar-refractivity contribution in [3.63, 3.8) is 0 Å². The van der Waals surface area contributed by atoms with E-state index in [1.165, 1.54) is 0 Å². The minimum Gasteiger partial charge on any atom is -0.461 e. The number of esters is 1. The Morgan fingerprint density at radius 3 is 2.38 bits per heavy atom. The second kappa shape index (κ2) is 7.48. The van der Waals surface area contributed by atoms with Gasteiger partial charge in [0.25, 0.3) is 0 Å². The van der Waals surface area contributed by atoms with Gasteiger partial charge in [0.15, 0.2) is 0 Å². The summed E-state index contributed by atoms with van der Waals surface area (Å²) in [7, 11) is 1.78. The summed E-state index contributed by atoms with van der Waals surface area (Å²) in [6.45, 7) is 3.97. The summed E-state index contributed by atoms with van der Waals surface area (Å²) in [4.78, 5) is 12.4. The van der Waals surface area contributed by atoms with Crippen LogP contribution in [0.3, 0.4) is 0 Å². The standard InChI is InChI=1S/C19H19N3O2/c1-4-16-15(12-21)17(18(22(16)3)19(23)24-5-2)14-8-6-13(7-9-14)10-11-20/h6-9H,4-5,10H2,1-3H3. The molecule has 0 amide bonds. The van der Waals surface area contributed by atoms with Crippen LogP contribution in [0.2, 0.25) is 0 Å². The second-order valence-electron chi connectivity index (χ2n) is 5.32. The zero-order valence-electron chi connectivity index (χ0n) is 14.1. The van der Waals surface area contributed by atoms with Crippen LogP contribution in [-0.4, -0.2) is 17.1 Å². The summed E-state index contributed by atoms with van der Waals surface area (Å²) < 4.78 is 6.92. The van der Waals surface area contributed by atoms with E-state index >= 15 is 0 Å². The average Bonchev–Trinajstić information content (AvgIpc) is 2.87. The average molecular weight is 321 g/mol. The molecule has 0 aliphatic carbocycles. The number of benzene rings is 1. The van der Waals surface area contributed by atoms with Crippen molar-refractivity contribution < 1.29 is 9.53 Å². The van der Waals surface area contributed by atoms with E-state index in [1.807, 2.05) is 31.2 Å². The third-order valence-electron chi connectivity index (χ3n) is 3.96. The Labute approximate surface area is 141 Å². The number of carbonyl (C=O) groups excluding carboxylic acids is 1. The van der Waals surface area contributed by atoms with Crippen LogP contribution < -0.4 is 0 Å². The molecule has 0 atom stereocenters. The van der Waals surface area contributed by atoms with Crippen molar-refractivity contribution in [2.24, 2.45) is 7.05 Å². The first-order valence-electron chi connectivity index (χ1n) is 7.83. The summed E-state index contributed by atoms with van der Waals surface area (Å²) in [5.41, 5.74) is 3.94. The zero-order valence-corrected chi connectivity index (χ0v) is 14.1. The molecule has 0 saturated heterocycles. The van der Waals surface area contributed by atoms with Crippen molar-refractivity contribution in [3.8, 4) is 23.3 Å². The van der Waals surface area contributed by atoms with E-state index in [0.29, 0.717) is 29.7 Å². The summed E-state index contributed by atoms with van der Waals surface area (Å²) in [5.74, 6) is -0.438. The Bertz CT molecular complexity index is 833. The predicted molar refractivity (Wildman–Crippen MR) is 90.2 cm³/mol. The van der Waals surface area contributed by atoms with Gasteiger partial charge < -0.3 is 9.30 Å². The number of ether oxygens (including phenoxy) is 1. The van der Waals surface area contributed by atoms with Crippen molar-refractivity contribution in [1.82, 2.24) is 4.57 Å². The summed E-state index contributed by atoms with van der Waals surface area (Å²) >= 11 is 0. The van der Waals surface area contributed by atoms with Gasteiger partial charge in [0.05, 0.1) is 24.7 Å². The lowest BCUT2D eigenvalue weighted by Gasteiger charge is -2.08. The summed E-state index contributed by atoms with van der Waals surface area (Å²) in [6, 6.07) is 11.7. The van der Waals surface area contributed by atoms with Crippen molar-refractivity contribution in [1.29, 1.82) is 10.5 Å². The largest absolute Gasteiger partial charge is 0.461 e. The van der Waals surface area contributed by atoms with Crippen LogP contribution >= 0.6 is 0 Å². The molecule has 1 aromatic carbocycles. The molecule has 2 aromatic rings. The lowest BCUT2D eigenvalue weighted by atomic mass is 9.98. The highest BCUT2D eigenvalue weighted by Gasteiger charge is 2.26. The smallest absolute Gasteiger partial charge is 0.355 e. The fraction of sp³-hybridized carbons (Fsp3) is 0.316. The highest BCUT2D eigenvalue weighted by atomic mass is 16.5. The molecule has 0 unspecified atom stereocenters. The lowest BCUT2D eigenvalue weighted by molar-refractivity contribution is 0.0516. The van der Waals surface area contributed by atoms with E-state index in [9.17, 15) is 10.1 Å². The molecule has 0 N–H and O–H groups in total. The van der Waals surface area contributed by atoms with Gasteiger partial charge in [-0.1, -0.05) is 31.2 Å². The highest BCUT2D eigenvalue weighted by molar-refractivity contribution is 5.98. The SMILES string of the molecule is CCOC(=O)c1c(-c2ccc(CC#N)cc2)c(C#N)c(CC)n1C. The number of nitrogens with zero attached hydrogens (tertiary/aromatic N) is 3. The number of carbonyl (C=O) groups is 1. The van der Waals surface area contributed by atoms with Crippen molar-refractivity contribution in [3.05, 3.63) is 46.8 Å². The van der Waals surface area contributed by atoms with Crippen molar-refractivity contribution in [2.45, 2.75) is 26.7 Å². The molecule has 122 valence electrons. The van der Waals surface area contributed by atoms with E-state index in [0.717, 1.165) is 16.8 Å². The van der Waals surface area contributed by atoms with Gasteiger partial charge in [0.2, 0.25) is 0 Å². The maximum atomic E-state index is 12.4. The Morgan fingerprint density at radius 1 is 1.21 bits per heavy atom. The first-order chi connectivity index (χ1) is 11.6. The normalized spacial score (nSPS) is 10.0. The van der Waals surface area contributed by atoms with E-state index in [1.54, 1.807) is 18.5 Å². The molecular weight excluding hydrogens is 302 g/mol. The first-order valence-corrected chi connectivity index (χ1v) is 7.83. The molecule has 0 radical (unpaired) electrons. The van der Waals surface area contributed by atoms with E-state index in [4.69, 9.17) is 10.00 Å². The molecule has 0 fully saturated rings. The number of aromatic nitrogens is 1. The molecule has 1 aromatic heterocycles. The number of rotatable bonds is 5. The molecule has 24 heavy (non-hydrogen) atoms. The molecular formula is C19H19N3O2. The molecule has 1 heterocycles. The van der Waals surface area contributed by atoms with Gasteiger partial charge in [-0.25, -0.2) is 4.79 Å². The Morgan fingerprint density at radius 2 is 1.88 bits per heavy atom. The minimum absolute atomic E-state index is 0.272. The van der Waals surface area contributed by atoms with Gasteiger partial charge in [-0.05, 0) is 24.5 Å². The molecule has 5 nitrogen and oxygen atoms in total. The van der Waals surface area contributed by atoms with E-state index in [-0.39, 0.29) is 6.61 Å². The van der Waals surface area contributed by atoms with Gasteiger partial charge in [0.1, 0.15) is 11.8 Å². The van der Waals surface area contributed by atoms with Crippen LogP contribution in [0.5, 0.6) is 0 Å². The monoisotopic (exact) mass is 321 g/mol. The quantitative estimate of drug-likeness (QED) is 0.791. The van der Waals surface area contributed by atoms with Crippen LogP contribution in [0.4, 0.5) is 0 Å². The van der Waals surface area contributed by atoms with Gasteiger partial charge in [-0.3, -0.25) is 0 Å². The van der Waals surface area contributed by atoms with Crippen LogP contribution in [0, 0.1) is 22.7 Å². The van der Waals surface area contributed by atoms with Gasteiger partial charge >= 0.3 is 5.97 Å². The summed E-state index contributed by atoms with van der Waals surface area (Å²) in [6.07, 6.45) is 0.962. The maximum absolute atomic E-state index is 12.4. The predicted octanol–water partition coefficient (Wildman–Crippen LogP) is 3.37. The fourth-order valence-electron chi connectivity index (χ4n) is 2.87. The Balaban J connectivity index is 2.69. The third kappa shape index (κ3) is 3.02. The van der Waals surface area contributed by atoms with E-state index < -0.39 is 5.97 Å². The molecule has 5 heteroatoms. The molecule has 0 spiro atoms. The molecule has 0 saturated carbocycles. The number of hydrogen-bond donors (Lipinski definition) is 0. The summed E-state index contributed by atoms with van der Waals surface area (Å²) in [5, 5.41) is 18.4. The minimum atomic E-state index is -0.438. The van der Waals surface area contributed by atoms with Crippen molar-refractivity contribution in [2.75, 3.05) is 6.61 Å². The topological polar surface area (TPSA) is 78.8 Å². The highest BCUT2D eigenvalue weighted by Crippen LogP contribution is 2.33. The number of nitriles is 2. The molecule has 0 bridgehead atoms. The van der Waals surface area contributed by atoms with Crippen LogP contribution in [0.1, 0.15) is 41.2 Å². The first kappa shape index (κ1) is 17.3. The molecule has 2 rings (SSSR count). The lowest BCUT2D eigenvalue weighted by Crippen LogP contribution is -2.12. The van der Waals surface area contributed by atoms with Gasteiger partial charge in [0, 0.05) is 18.3 Å². The molecule has 0 aliphatic rings. The van der Waals surface area contributed by atoms with Crippen LogP contribution in [0.25, 0.3) is 11.1 Å². The van der Waals surface area contributed by atoms with Crippen LogP contribution in [-0.2, 0) is 24.6 Å². The van der Waals surface area contributed by atoms with Crippen LogP contribution in [0.15, 0.2) is 24.3 Å².